The maximum Gasteiger partial charge on any atom is 0.164 e. The summed E-state index contributed by atoms with van der Waals surface area (Å²) in [6.45, 7) is 0. The molecule has 0 aliphatic carbocycles. The second kappa shape index (κ2) is 17.1. The summed E-state index contributed by atoms with van der Waals surface area (Å²) in [4.78, 5) is 14.9. The summed E-state index contributed by atoms with van der Waals surface area (Å²) < 4.78 is 0. The molecule has 11 aromatic rings. The van der Waals surface area contributed by atoms with Crippen molar-refractivity contribution in [1.82, 2.24) is 15.0 Å². The van der Waals surface area contributed by atoms with Crippen molar-refractivity contribution >= 4 is 21.5 Å². The van der Waals surface area contributed by atoms with Crippen LogP contribution in [0, 0.1) is 22.7 Å². The molecule has 11 rings (SSSR count). The highest BCUT2D eigenvalue weighted by molar-refractivity contribution is 6.08. The fourth-order valence-corrected chi connectivity index (χ4v) is 8.80. The Hall–Kier alpha value is -9.29. The van der Waals surface area contributed by atoms with Crippen molar-refractivity contribution in [2.45, 2.75) is 0 Å². The third kappa shape index (κ3) is 7.64. The summed E-state index contributed by atoms with van der Waals surface area (Å²) in [6.07, 6.45) is 0. The van der Waals surface area contributed by atoms with E-state index < -0.39 is 0 Å². The average Bonchev–Trinajstić information content (AvgIpc) is 3.40. The number of fused-ring (bicyclic) bond motifs is 3. The van der Waals surface area contributed by atoms with Crippen LogP contribution < -0.4 is 0 Å². The molecule has 0 radical (unpaired) electrons. The number of benzene rings is 10. The molecule has 0 bridgehead atoms. The molecule has 10 aromatic carbocycles. The lowest BCUT2D eigenvalue weighted by atomic mass is 9.93. The van der Waals surface area contributed by atoms with Crippen molar-refractivity contribution in [2.24, 2.45) is 0 Å². The Bertz CT molecular complexity index is 3710. The molecule has 0 fully saturated rings. The fraction of sp³-hybridized carbons (Fsp3) is 0. The van der Waals surface area contributed by atoms with Gasteiger partial charge in [-0.1, -0.05) is 194 Å². The van der Waals surface area contributed by atoms with E-state index in [0.29, 0.717) is 34.2 Å². The maximum atomic E-state index is 10.6. The summed E-state index contributed by atoms with van der Waals surface area (Å²) in [7, 11) is 0. The molecule has 1 aromatic heterocycles. The molecule has 0 N–H and O–H groups in total. The van der Waals surface area contributed by atoms with E-state index in [-0.39, 0.29) is 0 Å². The quantitative estimate of drug-likeness (QED) is 0.142. The van der Waals surface area contributed by atoms with E-state index >= 15 is 0 Å². The lowest BCUT2D eigenvalue weighted by Crippen LogP contribution is -2.01. The molecular weight excluding hydrogens is 803 g/mol. The first-order valence-electron chi connectivity index (χ1n) is 21.8. The number of nitrogens with zero attached hydrogens (tertiary/aromatic N) is 5. The minimum absolute atomic E-state index is 0.458. The van der Waals surface area contributed by atoms with Crippen LogP contribution in [0.1, 0.15) is 11.1 Å². The van der Waals surface area contributed by atoms with Gasteiger partial charge in [-0.15, -0.1) is 0 Å². The lowest BCUT2D eigenvalue weighted by molar-refractivity contribution is 1.07. The third-order valence-electron chi connectivity index (χ3n) is 12.2. The molecular formula is C61H37N5. The highest BCUT2D eigenvalue weighted by atomic mass is 15.0. The fourth-order valence-electron chi connectivity index (χ4n) is 8.80. The van der Waals surface area contributed by atoms with Crippen LogP contribution in [0.2, 0.25) is 0 Å². The smallest absolute Gasteiger partial charge is 0.164 e. The van der Waals surface area contributed by atoms with E-state index in [9.17, 15) is 10.5 Å². The van der Waals surface area contributed by atoms with Gasteiger partial charge in [0.25, 0.3) is 0 Å². The first-order chi connectivity index (χ1) is 32.6. The van der Waals surface area contributed by atoms with Crippen LogP contribution in [0.4, 0.5) is 0 Å². The number of aromatic nitrogens is 3. The second-order valence-electron chi connectivity index (χ2n) is 16.2. The Kier molecular flexibility index (Phi) is 10.3. The molecule has 1 heterocycles. The van der Waals surface area contributed by atoms with Crippen LogP contribution in [0.5, 0.6) is 0 Å². The Balaban J connectivity index is 0.897. The van der Waals surface area contributed by atoms with Crippen LogP contribution in [0.15, 0.2) is 224 Å². The maximum absolute atomic E-state index is 10.6. The van der Waals surface area contributed by atoms with Gasteiger partial charge in [0, 0.05) is 16.7 Å². The highest BCUT2D eigenvalue weighted by Gasteiger charge is 2.17. The Morgan fingerprint density at radius 1 is 0.258 bits per heavy atom. The average molecular weight is 840 g/mol. The second-order valence-corrected chi connectivity index (χ2v) is 16.2. The number of rotatable bonds is 8. The van der Waals surface area contributed by atoms with Gasteiger partial charge in [-0.3, -0.25) is 0 Å². The van der Waals surface area contributed by atoms with Gasteiger partial charge in [-0.2, -0.15) is 10.5 Å². The molecule has 0 amide bonds. The summed E-state index contributed by atoms with van der Waals surface area (Å²) >= 11 is 0. The Morgan fingerprint density at radius 2 is 0.652 bits per heavy atom. The van der Waals surface area contributed by atoms with Crippen LogP contribution in [0.25, 0.3) is 111 Å². The van der Waals surface area contributed by atoms with Gasteiger partial charge in [-0.25, -0.2) is 15.0 Å². The van der Waals surface area contributed by atoms with Gasteiger partial charge in [0.05, 0.1) is 23.3 Å². The summed E-state index contributed by atoms with van der Waals surface area (Å²) in [5.41, 5.74) is 13.5. The predicted molar refractivity (Wildman–Crippen MR) is 268 cm³/mol. The van der Waals surface area contributed by atoms with Gasteiger partial charge in [0.2, 0.25) is 0 Å². The molecule has 0 unspecified atom stereocenters. The van der Waals surface area contributed by atoms with Crippen molar-refractivity contribution in [3.05, 3.63) is 236 Å². The minimum atomic E-state index is 0.458. The normalized spacial score (nSPS) is 11.0. The Labute approximate surface area is 382 Å². The van der Waals surface area contributed by atoms with Gasteiger partial charge in [-0.05, 0) is 108 Å². The molecule has 66 heavy (non-hydrogen) atoms. The van der Waals surface area contributed by atoms with Crippen molar-refractivity contribution < 1.29 is 0 Å². The Morgan fingerprint density at radius 3 is 1.32 bits per heavy atom. The van der Waals surface area contributed by atoms with E-state index in [4.69, 9.17) is 15.0 Å². The van der Waals surface area contributed by atoms with Gasteiger partial charge >= 0.3 is 0 Å². The molecule has 0 spiro atoms. The van der Waals surface area contributed by atoms with E-state index in [1.54, 1.807) is 0 Å². The van der Waals surface area contributed by atoms with Crippen molar-refractivity contribution in [3.8, 4) is 102 Å². The highest BCUT2D eigenvalue weighted by Crippen LogP contribution is 2.36. The molecule has 5 heteroatoms. The van der Waals surface area contributed by atoms with Crippen molar-refractivity contribution in [2.75, 3.05) is 0 Å². The van der Waals surface area contributed by atoms with Crippen LogP contribution in [-0.4, -0.2) is 15.0 Å². The first-order valence-corrected chi connectivity index (χ1v) is 21.8. The summed E-state index contributed by atoms with van der Waals surface area (Å²) in [5, 5.41) is 25.7. The molecule has 5 nitrogen and oxygen atoms in total. The number of hydrogen-bond donors (Lipinski definition) is 0. The number of nitriles is 2. The number of hydrogen-bond acceptors (Lipinski definition) is 5. The van der Waals surface area contributed by atoms with Crippen LogP contribution >= 0.6 is 0 Å². The predicted octanol–water partition coefficient (Wildman–Crippen LogP) is 15.3. The SMILES string of the molecule is N#Cc1cc(-c2cccc(-c3ccc(-c4ccc5ccc6ccccc6c5c4)cc3)c2)ccc1-c1cccc(-c2nc(-c3ccccc3)nc(-c3ccc(-c4ccccc4)c(C#N)c3)n2)c1. The van der Waals surface area contributed by atoms with Gasteiger partial charge in [0.15, 0.2) is 17.5 Å². The molecule has 0 atom stereocenters. The first kappa shape index (κ1) is 39.5. The van der Waals surface area contributed by atoms with Gasteiger partial charge in [0.1, 0.15) is 0 Å². The van der Waals surface area contributed by atoms with E-state index in [2.05, 4.69) is 121 Å². The van der Waals surface area contributed by atoms with E-state index in [1.807, 2.05) is 115 Å². The van der Waals surface area contributed by atoms with E-state index in [0.717, 1.165) is 55.6 Å². The molecule has 0 saturated carbocycles. The zero-order valence-electron chi connectivity index (χ0n) is 35.6. The monoisotopic (exact) mass is 839 g/mol. The zero-order chi connectivity index (χ0) is 44.4. The van der Waals surface area contributed by atoms with E-state index in [1.165, 1.54) is 32.7 Å². The lowest BCUT2D eigenvalue weighted by Gasteiger charge is -2.12. The zero-order valence-corrected chi connectivity index (χ0v) is 35.6. The third-order valence-corrected chi connectivity index (χ3v) is 12.2. The molecule has 0 aliphatic rings. The summed E-state index contributed by atoms with van der Waals surface area (Å²) in [6, 6.07) is 81.2. The van der Waals surface area contributed by atoms with Gasteiger partial charge < -0.3 is 0 Å². The topological polar surface area (TPSA) is 86.2 Å². The van der Waals surface area contributed by atoms with Crippen LogP contribution in [0.3, 0.4) is 0 Å². The largest absolute Gasteiger partial charge is 0.208 e. The minimum Gasteiger partial charge on any atom is -0.208 e. The van der Waals surface area contributed by atoms with Crippen molar-refractivity contribution in [3.63, 3.8) is 0 Å². The van der Waals surface area contributed by atoms with Crippen molar-refractivity contribution in [1.29, 1.82) is 10.5 Å². The van der Waals surface area contributed by atoms with Crippen LogP contribution in [-0.2, 0) is 0 Å². The molecule has 306 valence electrons. The summed E-state index contributed by atoms with van der Waals surface area (Å²) in [5.74, 6) is 1.46. The molecule has 0 aliphatic heterocycles. The standard InChI is InChI=1S/C61H37N5/c62-38-53-34-48(47-17-9-16-46(33-47)40-21-23-41(24-22-40)49-28-27-44-26-25-43-13-7-8-20-57(43)58(44)37-49)29-31-56(53)50-18-10-19-51(35-50)60-64-59(45-14-5-2-6-15-45)65-61(66-60)52-30-32-55(54(36-52)39-63)42-11-3-1-4-12-42/h1-37H. The molecule has 0 saturated heterocycles.